The van der Waals surface area contributed by atoms with Crippen LogP contribution in [0.3, 0.4) is 0 Å². The van der Waals surface area contributed by atoms with Crippen molar-refractivity contribution in [3.63, 3.8) is 0 Å². The number of aryl methyl sites for hydroxylation is 1. The molecule has 5 heterocycles. The van der Waals surface area contributed by atoms with E-state index in [0.29, 0.717) is 0 Å². The molecule has 0 spiro atoms. The van der Waals surface area contributed by atoms with E-state index in [1.54, 1.807) is 6.33 Å². The lowest BCUT2D eigenvalue weighted by Gasteiger charge is -2.27. The van der Waals surface area contributed by atoms with Crippen LogP contribution in [0.4, 0.5) is 5.82 Å². The van der Waals surface area contributed by atoms with E-state index in [-0.39, 0.29) is 6.10 Å². The number of morpholine rings is 1. The minimum atomic E-state index is 0.217. The molecular weight excluding hydrogens is 442 g/mol. The minimum Gasteiger partial charge on any atom is -0.490 e. The molecule has 1 N–H and O–H groups in total. The van der Waals surface area contributed by atoms with Crippen LogP contribution in [0, 0.1) is 6.92 Å². The van der Waals surface area contributed by atoms with Crippen molar-refractivity contribution in [3.8, 4) is 28.3 Å². The van der Waals surface area contributed by atoms with E-state index in [1.807, 2.05) is 6.20 Å². The van der Waals surface area contributed by atoms with Crippen molar-refractivity contribution in [1.82, 2.24) is 19.9 Å². The number of aromatic nitrogens is 4. The first-order valence-electron chi connectivity index (χ1n) is 12.2. The number of ether oxygens (including phenoxy) is 3. The summed E-state index contributed by atoms with van der Waals surface area (Å²) in [6.07, 6.45) is 5.61. The van der Waals surface area contributed by atoms with Crippen LogP contribution in [0.5, 0.6) is 5.75 Å². The van der Waals surface area contributed by atoms with Gasteiger partial charge in [-0.15, -0.1) is 0 Å². The Bertz CT molecular complexity index is 1310. The summed E-state index contributed by atoms with van der Waals surface area (Å²) in [5.41, 5.74) is 5.83. The van der Waals surface area contributed by atoms with Gasteiger partial charge in [-0.2, -0.15) is 0 Å². The Hall–Kier alpha value is -3.49. The molecule has 3 aromatic heterocycles. The summed E-state index contributed by atoms with van der Waals surface area (Å²) >= 11 is 0. The van der Waals surface area contributed by atoms with Gasteiger partial charge in [0, 0.05) is 54.3 Å². The fraction of sp³-hybridized carbons (Fsp3) is 0.370. The second-order valence-corrected chi connectivity index (χ2v) is 9.08. The predicted octanol–water partition coefficient (Wildman–Crippen LogP) is 4.39. The van der Waals surface area contributed by atoms with Crippen molar-refractivity contribution in [2.45, 2.75) is 25.9 Å². The van der Waals surface area contributed by atoms with Gasteiger partial charge in [-0.3, -0.25) is 0 Å². The number of hydrogen-bond acceptors (Lipinski definition) is 7. The molecule has 0 bridgehead atoms. The Morgan fingerprint density at radius 1 is 0.914 bits per heavy atom. The number of aromatic amines is 1. The van der Waals surface area contributed by atoms with Crippen molar-refractivity contribution in [1.29, 1.82) is 0 Å². The first kappa shape index (κ1) is 22.0. The SMILES string of the molecule is Cc1cc(-c2ncnc3[nH]c(-c4ccc(N5CCOCC5)nc4)cc23)ccc1OC1CCOCC1. The summed E-state index contributed by atoms with van der Waals surface area (Å²) in [6, 6.07) is 12.5. The van der Waals surface area contributed by atoms with Gasteiger partial charge >= 0.3 is 0 Å². The highest BCUT2D eigenvalue weighted by atomic mass is 16.5. The Balaban J connectivity index is 1.26. The molecule has 35 heavy (non-hydrogen) atoms. The number of H-pyrrole nitrogens is 1. The van der Waals surface area contributed by atoms with Gasteiger partial charge in [0.2, 0.25) is 0 Å². The van der Waals surface area contributed by atoms with Crippen LogP contribution < -0.4 is 9.64 Å². The van der Waals surface area contributed by atoms with Gasteiger partial charge in [-0.05, 0) is 48.9 Å². The molecule has 4 aromatic rings. The van der Waals surface area contributed by atoms with Crippen molar-refractivity contribution in [3.05, 3.63) is 54.5 Å². The predicted molar refractivity (Wildman–Crippen MR) is 135 cm³/mol. The summed E-state index contributed by atoms with van der Waals surface area (Å²) in [6.45, 7) is 6.85. The fourth-order valence-electron chi connectivity index (χ4n) is 4.75. The lowest BCUT2D eigenvalue weighted by molar-refractivity contribution is 0.0253. The van der Waals surface area contributed by atoms with Gasteiger partial charge in [-0.1, -0.05) is 0 Å². The topological polar surface area (TPSA) is 85.4 Å². The Labute approximate surface area is 204 Å². The Kier molecular flexibility index (Phi) is 6.06. The van der Waals surface area contributed by atoms with E-state index < -0.39 is 0 Å². The smallest absolute Gasteiger partial charge is 0.141 e. The highest BCUT2D eigenvalue weighted by Gasteiger charge is 2.18. The summed E-state index contributed by atoms with van der Waals surface area (Å²) in [5.74, 6) is 1.90. The van der Waals surface area contributed by atoms with Gasteiger partial charge < -0.3 is 24.1 Å². The molecule has 0 atom stereocenters. The van der Waals surface area contributed by atoms with Crippen molar-refractivity contribution >= 4 is 16.9 Å². The first-order valence-corrected chi connectivity index (χ1v) is 12.2. The summed E-state index contributed by atoms with van der Waals surface area (Å²) in [7, 11) is 0. The van der Waals surface area contributed by atoms with Crippen molar-refractivity contribution in [2.75, 3.05) is 44.4 Å². The standard InChI is InChI=1S/C27H29N5O3/c1-18-14-19(2-4-24(18)35-21-6-10-33-11-7-21)26-22-15-23(31-27(22)30-17-29-26)20-3-5-25(28-16-20)32-8-12-34-13-9-32/h2-5,14-17,21H,6-13H2,1H3,(H,29,30,31). The van der Waals surface area contributed by atoms with Crippen LogP contribution in [-0.2, 0) is 9.47 Å². The maximum atomic E-state index is 6.24. The fourth-order valence-corrected chi connectivity index (χ4v) is 4.75. The molecule has 180 valence electrons. The molecule has 0 amide bonds. The molecule has 0 radical (unpaired) electrons. The van der Waals surface area contributed by atoms with Gasteiger partial charge in [0.05, 0.1) is 32.1 Å². The molecule has 2 aliphatic rings. The van der Waals surface area contributed by atoms with E-state index >= 15 is 0 Å². The zero-order valence-corrected chi connectivity index (χ0v) is 19.9. The molecule has 0 unspecified atom stereocenters. The molecule has 2 saturated heterocycles. The van der Waals surface area contributed by atoms with Gasteiger partial charge in [0.25, 0.3) is 0 Å². The zero-order valence-electron chi connectivity index (χ0n) is 19.9. The lowest BCUT2D eigenvalue weighted by Crippen LogP contribution is -2.36. The van der Waals surface area contributed by atoms with E-state index in [9.17, 15) is 0 Å². The highest BCUT2D eigenvalue weighted by molar-refractivity contribution is 5.94. The molecule has 1 aromatic carbocycles. The van der Waals surface area contributed by atoms with E-state index in [1.165, 1.54) is 0 Å². The molecule has 2 fully saturated rings. The van der Waals surface area contributed by atoms with Crippen LogP contribution in [0.1, 0.15) is 18.4 Å². The number of nitrogens with zero attached hydrogens (tertiary/aromatic N) is 4. The molecular formula is C27H29N5O3. The number of pyridine rings is 1. The molecule has 8 heteroatoms. The molecule has 0 saturated carbocycles. The van der Waals surface area contributed by atoms with Crippen LogP contribution in [0.2, 0.25) is 0 Å². The third-order valence-corrected chi connectivity index (χ3v) is 6.73. The lowest BCUT2D eigenvalue weighted by atomic mass is 10.0. The van der Waals surface area contributed by atoms with E-state index in [4.69, 9.17) is 19.2 Å². The quantitative estimate of drug-likeness (QED) is 0.462. The average Bonchev–Trinajstić information content (AvgIpc) is 3.36. The van der Waals surface area contributed by atoms with Crippen LogP contribution in [-0.4, -0.2) is 65.6 Å². The number of fused-ring (bicyclic) bond motifs is 1. The number of rotatable bonds is 5. The third-order valence-electron chi connectivity index (χ3n) is 6.73. The first-order chi connectivity index (χ1) is 17.2. The minimum absolute atomic E-state index is 0.217. The number of benzene rings is 1. The van der Waals surface area contributed by atoms with Gasteiger partial charge in [0.15, 0.2) is 0 Å². The second kappa shape index (κ2) is 9.64. The summed E-state index contributed by atoms with van der Waals surface area (Å²) in [4.78, 5) is 19.5. The van der Waals surface area contributed by atoms with Gasteiger partial charge in [0.1, 0.15) is 29.6 Å². The molecule has 0 aliphatic carbocycles. The maximum absolute atomic E-state index is 6.24. The largest absolute Gasteiger partial charge is 0.490 e. The Morgan fingerprint density at radius 2 is 1.71 bits per heavy atom. The van der Waals surface area contributed by atoms with Gasteiger partial charge in [-0.25, -0.2) is 15.0 Å². The number of nitrogens with one attached hydrogen (secondary N) is 1. The zero-order chi connectivity index (χ0) is 23.6. The molecule has 6 rings (SSSR count). The van der Waals surface area contributed by atoms with Crippen molar-refractivity contribution in [2.24, 2.45) is 0 Å². The summed E-state index contributed by atoms with van der Waals surface area (Å²) < 4.78 is 17.1. The normalized spacial score (nSPS) is 17.1. The van der Waals surface area contributed by atoms with Crippen molar-refractivity contribution < 1.29 is 14.2 Å². The van der Waals surface area contributed by atoms with E-state index in [0.717, 1.165) is 103 Å². The second-order valence-electron chi connectivity index (χ2n) is 9.08. The van der Waals surface area contributed by atoms with Crippen LogP contribution >= 0.6 is 0 Å². The van der Waals surface area contributed by atoms with E-state index in [2.05, 4.69) is 63.2 Å². The number of anilines is 1. The summed E-state index contributed by atoms with van der Waals surface area (Å²) in [5, 5.41) is 0.984. The average molecular weight is 472 g/mol. The third kappa shape index (κ3) is 4.59. The maximum Gasteiger partial charge on any atom is 0.141 e. The Morgan fingerprint density at radius 3 is 2.49 bits per heavy atom. The van der Waals surface area contributed by atoms with Crippen LogP contribution in [0.25, 0.3) is 33.5 Å². The number of hydrogen-bond donors (Lipinski definition) is 1. The highest BCUT2D eigenvalue weighted by Crippen LogP contribution is 2.33. The van der Waals surface area contributed by atoms with Crippen LogP contribution in [0.15, 0.2) is 48.9 Å². The monoisotopic (exact) mass is 471 g/mol. The molecule has 8 nitrogen and oxygen atoms in total. The molecule has 2 aliphatic heterocycles.